The summed E-state index contributed by atoms with van der Waals surface area (Å²) in [5.41, 5.74) is 5.47. The third kappa shape index (κ3) is 5.34. The Morgan fingerprint density at radius 3 is 2.63 bits per heavy atom. The summed E-state index contributed by atoms with van der Waals surface area (Å²) < 4.78 is 26.3. The first-order valence-corrected chi connectivity index (χ1v) is 6.37. The van der Waals surface area contributed by atoms with Gasteiger partial charge in [0.15, 0.2) is 0 Å². The third-order valence-electron chi connectivity index (χ3n) is 2.81. The van der Waals surface area contributed by atoms with Crippen molar-refractivity contribution in [2.75, 3.05) is 11.9 Å². The molecule has 3 N–H and O–H groups in total. The van der Waals surface area contributed by atoms with E-state index in [1.807, 2.05) is 13.8 Å². The highest BCUT2D eigenvalue weighted by Crippen LogP contribution is 2.18. The summed E-state index contributed by atoms with van der Waals surface area (Å²) >= 11 is 0. The quantitative estimate of drug-likeness (QED) is 0.835. The maximum absolute atomic E-state index is 13.4. The van der Waals surface area contributed by atoms with E-state index < -0.39 is 11.6 Å². The number of hydrogen-bond acceptors (Lipinski definition) is 2. The lowest BCUT2D eigenvalue weighted by molar-refractivity contribution is -0.117. The van der Waals surface area contributed by atoms with Crippen molar-refractivity contribution in [3.05, 3.63) is 29.8 Å². The van der Waals surface area contributed by atoms with E-state index in [4.69, 9.17) is 5.73 Å². The minimum atomic E-state index is -0.650. The van der Waals surface area contributed by atoms with Crippen LogP contribution in [0.25, 0.3) is 0 Å². The molecule has 1 atom stereocenters. The molecular weight excluding hydrogens is 250 g/mol. The molecule has 1 rings (SSSR count). The van der Waals surface area contributed by atoms with Gasteiger partial charge < -0.3 is 11.1 Å². The summed E-state index contributed by atoms with van der Waals surface area (Å²) in [6.07, 6.45) is 1.04. The van der Waals surface area contributed by atoms with Crippen molar-refractivity contribution >= 4 is 11.6 Å². The first-order valence-electron chi connectivity index (χ1n) is 6.37. The van der Waals surface area contributed by atoms with Crippen molar-refractivity contribution < 1.29 is 13.6 Å². The van der Waals surface area contributed by atoms with Crippen LogP contribution in [0.2, 0.25) is 0 Å². The summed E-state index contributed by atoms with van der Waals surface area (Å²) in [5.74, 6) is -1.10. The fourth-order valence-electron chi connectivity index (χ4n) is 1.99. The fourth-order valence-corrected chi connectivity index (χ4v) is 1.99. The van der Waals surface area contributed by atoms with E-state index in [1.165, 1.54) is 0 Å². The fraction of sp³-hybridized carbons (Fsp3) is 0.500. The molecule has 0 saturated heterocycles. The number of anilines is 1. The second-order valence-electron chi connectivity index (χ2n) is 5.11. The smallest absolute Gasteiger partial charge is 0.224 e. The molecule has 0 aromatic heterocycles. The number of benzene rings is 1. The van der Waals surface area contributed by atoms with Crippen LogP contribution in [0.15, 0.2) is 18.2 Å². The number of carbonyl (C=O) groups excluding carboxylic acids is 1. The van der Waals surface area contributed by atoms with Gasteiger partial charge in [0.25, 0.3) is 0 Å². The van der Waals surface area contributed by atoms with E-state index in [1.54, 1.807) is 0 Å². The molecule has 0 heterocycles. The van der Waals surface area contributed by atoms with Gasteiger partial charge in [-0.1, -0.05) is 13.8 Å². The SMILES string of the molecule is CC(C)CC(CN)CC(=O)Nc1cc(F)ccc1F. The Labute approximate surface area is 112 Å². The lowest BCUT2D eigenvalue weighted by atomic mass is 9.94. The number of halogens is 2. The van der Waals surface area contributed by atoms with Crippen molar-refractivity contribution in [3.63, 3.8) is 0 Å². The van der Waals surface area contributed by atoms with Crippen LogP contribution < -0.4 is 11.1 Å². The number of nitrogens with one attached hydrogen (secondary N) is 1. The average Bonchev–Trinajstić information content (AvgIpc) is 2.32. The van der Waals surface area contributed by atoms with Crippen LogP contribution in [0, 0.1) is 23.5 Å². The predicted molar refractivity (Wildman–Crippen MR) is 71.6 cm³/mol. The molecule has 19 heavy (non-hydrogen) atoms. The standard InChI is InChI=1S/C14H20F2N2O/c1-9(2)5-10(8-17)6-14(19)18-13-7-11(15)3-4-12(13)16/h3-4,7,9-10H,5-6,8,17H2,1-2H3,(H,18,19). The highest BCUT2D eigenvalue weighted by atomic mass is 19.1. The second kappa shape index (κ2) is 7.19. The molecule has 1 aromatic carbocycles. The molecule has 1 aromatic rings. The molecule has 0 fully saturated rings. The zero-order valence-corrected chi connectivity index (χ0v) is 11.2. The molecule has 0 aliphatic rings. The van der Waals surface area contributed by atoms with Crippen molar-refractivity contribution in [2.45, 2.75) is 26.7 Å². The van der Waals surface area contributed by atoms with E-state index in [0.717, 1.165) is 24.6 Å². The van der Waals surface area contributed by atoms with Gasteiger partial charge in [0, 0.05) is 12.5 Å². The van der Waals surface area contributed by atoms with Crippen LogP contribution in [-0.2, 0) is 4.79 Å². The maximum atomic E-state index is 13.4. The van der Waals surface area contributed by atoms with Gasteiger partial charge in [-0.15, -0.1) is 0 Å². The summed E-state index contributed by atoms with van der Waals surface area (Å²) in [4.78, 5) is 11.8. The molecule has 106 valence electrons. The topological polar surface area (TPSA) is 55.1 Å². The Morgan fingerprint density at radius 1 is 1.37 bits per heavy atom. The van der Waals surface area contributed by atoms with E-state index in [0.29, 0.717) is 12.5 Å². The van der Waals surface area contributed by atoms with Gasteiger partial charge in [-0.3, -0.25) is 4.79 Å². The van der Waals surface area contributed by atoms with Crippen LogP contribution in [0.3, 0.4) is 0 Å². The van der Waals surface area contributed by atoms with Gasteiger partial charge in [-0.25, -0.2) is 8.78 Å². The zero-order chi connectivity index (χ0) is 14.4. The van der Waals surface area contributed by atoms with Crippen LogP contribution in [0.1, 0.15) is 26.7 Å². The first kappa shape index (κ1) is 15.6. The monoisotopic (exact) mass is 270 g/mol. The van der Waals surface area contributed by atoms with E-state index in [-0.39, 0.29) is 23.9 Å². The Morgan fingerprint density at radius 2 is 2.05 bits per heavy atom. The predicted octanol–water partition coefficient (Wildman–Crippen LogP) is 2.91. The maximum Gasteiger partial charge on any atom is 0.224 e. The van der Waals surface area contributed by atoms with Gasteiger partial charge in [0.2, 0.25) is 5.91 Å². The Bertz CT molecular complexity index is 435. The van der Waals surface area contributed by atoms with Crippen molar-refractivity contribution in [2.24, 2.45) is 17.6 Å². The van der Waals surface area contributed by atoms with Crippen molar-refractivity contribution in [1.29, 1.82) is 0 Å². The lowest BCUT2D eigenvalue weighted by Gasteiger charge is -2.16. The number of amides is 1. The van der Waals surface area contributed by atoms with Gasteiger partial charge in [0.05, 0.1) is 5.69 Å². The molecule has 3 nitrogen and oxygen atoms in total. The minimum Gasteiger partial charge on any atom is -0.330 e. The molecule has 0 bridgehead atoms. The summed E-state index contributed by atoms with van der Waals surface area (Å²) in [5, 5.41) is 2.38. The second-order valence-corrected chi connectivity index (χ2v) is 5.11. The molecule has 1 amide bonds. The van der Waals surface area contributed by atoms with E-state index >= 15 is 0 Å². The van der Waals surface area contributed by atoms with E-state index in [9.17, 15) is 13.6 Å². The van der Waals surface area contributed by atoms with Crippen LogP contribution in [0.4, 0.5) is 14.5 Å². The van der Waals surface area contributed by atoms with Gasteiger partial charge in [0.1, 0.15) is 11.6 Å². The van der Waals surface area contributed by atoms with Gasteiger partial charge in [-0.2, -0.15) is 0 Å². The van der Waals surface area contributed by atoms with Gasteiger partial charge >= 0.3 is 0 Å². The molecule has 0 saturated carbocycles. The number of rotatable bonds is 6. The Balaban J connectivity index is 2.61. The molecule has 5 heteroatoms. The van der Waals surface area contributed by atoms with Crippen LogP contribution in [-0.4, -0.2) is 12.5 Å². The molecular formula is C14H20F2N2O. The molecule has 0 aliphatic heterocycles. The summed E-state index contributed by atoms with van der Waals surface area (Å²) in [7, 11) is 0. The number of carbonyl (C=O) groups is 1. The molecule has 0 radical (unpaired) electrons. The van der Waals surface area contributed by atoms with Crippen molar-refractivity contribution in [3.8, 4) is 0 Å². The highest BCUT2D eigenvalue weighted by Gasteiger charge is 2.15. The summed E-state index contributed by atoms with van der Waals surface area (Å²) in [6, 6.07) is 2.96. The first-order chi connectivity index (χ1) is 8.92. The molecule has 1 unspecified atom stereocenters. The zero-order valence-electron chi connectivity index (χ0n) is 11.2. The number of nitrogens with two attached hydrogens (primary N) is 1. The normalized spacial score (nSPS) is 12.5. The number of hydrogen-bond donors (Lipinski definition) is 2. The molecule has 0 spiro atoms. The highest BCUT2D eigenvalue weighted by molar-refractivity contribution is 5.90. The summed E-state index contributed by atoms with van der Waals surface area (Å²) in [6.45, 7) is 4.50. The lowest BCUT2D eigenvalue weighted by Crippen LogP contribution is -2.23. The minimum absolute atomic E-state index is 0.0524. The van der Waals surface area contributed by atoms with Gasteiger partial charge in [-0.05, 0) is 36.9 Å². The largest absolute Gasteiger partial charge is 0.330 e. The Kier molecular flexibility index (Phi) is 5.89. The third-order valence-corrected chi connectivity index (χ3v) is 2.81. The van der Waals surface area contributed by atoms with Crippen LogP contribution in [0.5, 0.6) is 0 Å². The molecule has 0 aliphatic carbocycles. The van der Waals surface area contributed by atoms with Crippen LogP contribution >= 0.6 is 0 Å². The Hall–Kier alpha value is -1.49. The van der Waals surface area contributed by atoms with Crippen molar-refractivity contribution in [1.82, 2.24) is 0 Å². The average molecular weight is 270 g/mol. The van der Waals surface area contributed by atoms with E-state index in [2.05, 4.69) is 5.32 Å².